The minimum atomic E-state index is -0.627. The van der Waals surface area contributed by atoms with E-state index in [1.165, 1.54) is 0 Å². The number of carbonyl (C=O) groups is 3. The summed E-state index contributed by atoms with van der Waals surface area (Å²) in [5.74, 6) is -0.705. The Hall–Kier alpha value is -3.42. The van der Waals surface area contributed by atoms with Gasteiger partial charge in [0.25, 0.3) is 5.91 Å². The Labute approximate surface area is 194 Å². The van der Waals surface area contributed by atoms with Crippen molar-refractivity contribution < 1.29 is 23.9 Å². The van der Waals surface area contributed by atoms with Crippen LogP contribution >= 0.6 is 0 Å². The highest BCUT2D eigenvalue weighted by molar-refractivity contribution is 5.92. The molecule has 0 bridgehead atoms. The van der Waals surface area contributed by atoms with Crippen LogP contribution in [0.5, 0.6) is 0 Å². The van der Waals surface area contributed by atoms with Crippen LogP contribution in [0.2, 0.25) is 0 Å². The molecule has 0 saturated carbocycles. The van der Waals surface area contributed by atoms with Gasteiger partial charge in [0.05, 0.1) is 12.2 Å². The number of nitrogens with one attached hydrogen (secondary N) is 1. The molecule has 0 radical (unpaired) electrons. The Morgan fingerprint density at radius 2 is 1.82 bits per heavy atom. The molecule has 33 heavy (non-hydrogen) atoms. The zero-order valence-electron chi connectivity index (χ0n) is 19.5. The fourth-order valence-corrected chi connectivity index (χ4v) is 3.78. The monoisotopic (exact) mass is 453 g/mol. The number of hydrogen-bond acceptors (Lipinski definition) is 6. The molecule has 1 aliphatic rings. The van der Waals surface area contributed by atoms with E-state index in [0.29, 0.717) is 37.4 Å². The number of likely N-dealkylation sites (tertiary alicyclic amines) is 1. The predicted octanol–water partition coefficient (Wildman–Crippen LogP) is 3.78. The molecule has 2 amide bonds. The number of hydrogen-bond donors (Lipinski definition) is 1. The van der Waals surface area contributed by atoms with Gasteiger partial charge in [0.1, 0.15) is 11.3 Å². The number of nitrogens with zero attached hydrogens (tertiary/aromatic N) is 2. The van der Waals surface area contributed by atoms with E-state index in [9.17, 15) is 14.4 Å². The molecule has 0 spiro atoms. The van der Waals surface area contributed by atoms with Crippen molar-refractivity contribution in [1.29, 1.82) is 0 Å². The first-order valence-electron chi connectivity index (χ1n) is 11.1. The number of esters is 1. The summed E-state index contributed by atoms with van der Waals surface area (Å²) in [5, 5.41) is 3.00. The van der Waals surface area contributed by atoms with E-state index in [-0.39, 0.29) is 23.8 Å². The van der Waals surface area contributed by atoms with Gasteiger partial charge in [0.15, 0.2) is 0 Å². The van der Waals surface area contributed by atoms with Gasteiger partial charge in [-0.25, -0.2) is 9.59 Å². The van der Waals surface area contributed by atoms with E-state index in [1.807, 2.05) is 32.9 Å². The summed E-state index contributed by atoms with van der Waals surface area (Å²) in [6, 6.07) is 12.1. The van der Waals surface area contributed by atoms with E-state index in [0.717, 1.165) is 5.56 Å². The summed E-state index contributed by atoms with van der Waals surface area (Å²) in [5.41, 5.74) is 1.13. The van der Waals surface area contributed by atoms with Gasteiger partial charge in [-0.1, -0.05) is 18.2 Å². The summed E-state index contributed by atoms with van der Waals surface area (Å²) in [4.78, 5) is 43.2. The topological polar surface area (TPSA) is 97.8 Å². The lowest BCUT2D eigenvalue weighted by molar-refractivity contribution is 0.0164. The maximum Gasteiger partial charge on any atom is 0.410 e. The fourth-order valence-electron chi connectivity index (χ4n) is 3.78. The minimum Gasteiger partial charge on any atom is -0.462 e. The molecular weight excluding hydrogens is 422 g/mol. The fraction of sp³-hybridized carbons (Fsp3) is 0.440. The largest absolute Gasteiger partial charge is 0.462 e. The van der Waals surface area contributed by atoms with Crippen molar-refractivity contribution in [2.75, 3.05) is 19.7 Å². The molecule has 1 saturated heterocycles. The molecule has 1 aromatic carbocycles. The van der Waals surface area contributed by atoms with Crippen molar-refractivity contribution >= 4 is 18.0 Å². The van der Waals surface area contributed by atoms with Gasteiger partial charge in [0, 0.05) is 31.2 Å². The molecule has 8 heteroatoms. The van der Waals surface area contributed by atoms with Crippen LogP contribution in [0.4, 0.5) is 4.79 Å². The maximum absolute atomic E-state index is 12.8. The molecule has 0 aliphatic carbocycles. The Morgan fingerprint density at radius 3 is 2.42 bits per heavy atom. The molecule has 2 atom stereocenters. The third-order valence-electron chi connectivity index (χ3n) is 5.23. The summed E-state index contributed by atoms with van der Waals surface area (Å²) >= 11 is 0. The Kier molecular flexibility index (Phi) is 7.68. The number of ether oxygens (including phenoxy) is 2. The van der Waals surface area contributed by atoms with E-state index in [4.69, 9.17) is 9.47 Å². The molecule has 176 valence electrons. The third kappa shape index (κ3) is 6.78. The number of piperidine rings is 1. The van der Waals surface area contributed by atoms with E-state index in [1.54, 1.807) is 48.4 Å². The van der Waals surface area contributed by atoms with Crippen molar-refractivity contribution in [3.63, 3.8) is 0 Å². The number of amides is 2. The second-order valence-corrected chi connectivity index (χ2v) is 9.05. The van der Waals surface area contributed by atoms with Gasteiger partial charge < -0.3 is 19.7 Å². The number of aromatic nitrogens is 1. The lowest BCUT2D eigenvalue weighted by Crippen LogP contribution is -2.53. The minimum absolute atomic E-state index is 0.0449. The van der Waals surface area contributed by atoms with Crippen LogP contribution in [0.25, 0.3) is 0 Å². The normalized spacial score (nSPS) is 18.4. The van der Waals surface area contributed by atoms with Crippen LogP contribution in [0.3, 0.4) is 0 Å². The number of carbonyl (C=O) groups excluding carboxylic acids is 3. The zero-order chi connectivity index (χ0) is 24.0. The summed E-state index contributed by atoms with van der Waals surface area (Å²) in [7, 11) is 0. The van der Waals surface area contributed by atoms with Crippen LogP contribution in [0.15, 0.2) is 48.7 Å². The Bertz CT molecular complexity index is 970. The Balaban J connectivity index is 1.79. The van der Waals surface area contributed by atoms with Crippen molar-refractivity contribution in [1.82, 2.24) is 15.2 Å². The Morgan fingerprint density at radius 1 is 1.09 bits per heavy atom. The van der Waals surface area contributed by atoms with Crippen molar-refractivity contribution in [2.24, 2.45) is 0 Å². The van der Waals surface area contributed by atoms with Crippen LogP contribution in [0, 0.1) is 0 Å². The number of rotatable bonds is 5. The lowest BCUT2D eigenvalue weighted by atomic mass is 9.87. The second-order valence-electron chi connectivity index (χ2n) is 9.05. The van der Waals surface area contributed by atoms with Crippen molar-refractivity contribution in [2.45, 2.75) is 51.7 Å². The zero-order valence-corrected chi connectivity index (χ0v) is 19.5. The second kappa shape index (κ2) is 10.5. The SMILES string of the molecule is CCOC(=O)c1ccc([C@H]2C[C@@H](NC(=O)c3ccccn3)CN(C(=O)OC(C)(C)C)C2)cc1. The molecule has 8 nitrogen and oxygen atoms in total. The molecule has 1 fully saturated rings. The average molecular weight is 454 g/mol. The van der Waals surface area contributed by atoms with Gasteiger partial charge in [-0.05, 0) is 63.9 Å². The van der Waals surface area contributed by atoms with E-state index in [2.05, 4.69) is 10.3 Å². The summed E-state index contributed by atoms with van der Waals surface area (Å²) in [6.45, 7) is 8.32. The standard InChI is InChI=1S/C25H31N3O5/c1-5-32-23(30)18-11-9-17(10-12-18)19-14-20(27-22(29)21-8-6-7-13-26-21)16-28(15-19)24(31)33-25(2,3)4/h6-13,19-20H,5,14-16H2,1-4H3,(H,27,29)/t19-,20+/m0/s1. The van der Waals surface area contributed by atoms with Crippen LogP contribution < -0.4 is 5.32 Å². The maximum atomic E-state index is 12.8. The highest BCUT2D eigenvalue weighted by Crippen LogP contribution is 2.29. The lowest BCUT2D eigenvalue weighted by Gasteiger charge is -2.38. The van der Waals surface area contributed by atoms with Crippen LogP contribution in [0.1, 0.15) is 66.4 Å². The predicted molar refractivity (Wildman–Crippen MR) is 123 cm³/mol. The van der Waals surface area contributed by atoms with Gasteiger partial charge >= 0.3 is 12.1 Å². The molecule has 2 heterocycles. The smallest absolute Gasteiger partial charge is 0.410 e. The van der Waals surface area contributed by atoms with Crippen LogP contribution in [-0.2, 0) is 9.47 Å². The first-order valence-corrected chi connectivity index (χ1v) is 11.1. The first kappa shape index (κ1) is 24.2. The van der Waals surface area contributed by atoms with Gasteiger partial charge in [-0.2, -0.15) is 0 Å². The molecule has 3 rings (SSSR count). The first-order chi connectivity index (χ1) is 15.7. The molecule has 2 aromatic rings. The molecule has 1 N–H and O–H groups in total. The molecule has 0 unspecified atom stereocenters. The van der Waals surface area contributed by atoms with E-state index >= 15 is 0 Å². The van der Waals surface area contributed by atoms with Crippen molar-refractivity contribution in [3.05, 3.63) is 65.5 Å². The molecule has 1 aliphatic heterocycles. The van der Waals surface area contributed by atoms with Crippen molar-refractivity contribution in [3.8, 4) is 0 Å². The molecular formula is C25H31N3O5. The van der Waals surface area contributed by atoms with Crippen LogP contribution in [-0.4, -0.2) is 59.2 Å². The third-order valence-corrected chi connectivity index (χ3v) is 5.23. The quantitative estimate of drug-likeness (QED) is 0.692. The highest BCUT2D eigenvalue weighted by atomic mass is 16.6. The van der Waals surface area contributed by atoms with Gasteiger partial charge in [-0.3, -0.25) is 9.78 Å². The van der Waals surface area contributed by atoms with Gasteiger partial charge in [0.2, 0.25) is 0 Å². The average Bonchev–Trinajstić information content (AvgIpc) is 2.78. The number of benzene rings is 1. The summed E-state index contributed by atoms with van der Waals surface area (Å²) < 4.78 is 10.6. The molecule has 1 aromatic heterocycles. The highest BCUT2D eigenvalue weighted by Gasteiger charge is 2.34. The number of pyridine rings is 1. The summed E-state index contributed by atoms with van der Waals surface area (Å²) in [6.07, 6.45) is 1.78. The van der Waals surface area contributed by atoms with E-state index < -0.39 is 11.7 Å². The van der Waals surface area contributed by atoms with Gasteiger partial charge in [-0.15, -0.1) is 0 Å².